The van der Waals surface area contributed by atoms with Crippen LogP contribution in [0.2, 0.25) is 0 Å². The zero-order chi connectivity index (χ0) is 11.7. The van der Waals surface area contributed by atoms with Crippen LogP contribution in [0.1, 0.15) is 65.7 Å². The molecule has 0 radical (unpaired) electrons. The van der Waals surface area contributed by atoms with E-state index in [-0.39, 0.29) is 5.78 Å². The van der Waals surface area contributed by atoms with E-state index < -0.39 is 6.10 Å². The molecule has 0 saturated carbocycles. The molecule has 0 aromatic rings. The van der Waals surface area contributed by atoms with Gasteiger partial charge in [-0.3, -0.25) is 4.79 Å². The Kier molecular flexibility index (Phi) is 8.68. The van der Waals surface area contributed by atoms with Crippen molar-refractivity contribution in [1.82, 2.24) is 0 Å². The zero-order valence-electron chi connectivity index (χ0n) is 10.5. The number of carbonyl (C=O) groups excluding carboxylic acids is 1. The number of unbranched alkanes of at least 4 members (excludes halogenated alkanes) is 4. The molecule has 0 spiro atoms. The van der Waals surface area contributed by atoms with Gasteiger partial charge in [0.15, 0.2) is 5.78 Å². The molecule has 0 rings (SSSR count). The van der Waals surface area contributed by atoms with E-state index in [0.29, 0.717) is 18.8 Å². The topological polar surface area (TPSA) is 37.3 Å². The van der Waals surface area contributed by atoms with Gasteiger partial charge < -0.3 is 5.11 Å². The second-order valence-electron chi connectivity index (χ2n) is 4.78. The molecule has 1 atom stereocenters. The molecule has 0 amide bonds. The van der Waals surface area contributed by atoms with Gasteiger partial charge in [0.1, 0.15) is 6.10 Å². The fourth-order valence-corrected chi connectivity index (χ4v) is 1.65. The number of rotatable bonds is 9. The van der Waals surface area contributed by atoms with Gasteiger partial charge in [-0.15, -0.1) is 0 Å². The van der Waals surface area contributed by atoms with Gasteiger partial charge in [0.05, 0.1) is 0 Å². The Balaban J connectivity index is 3.47. The zero-order valence-corrected chi connectivity index (χ0v) is 10.5. The molecule has 0 bridgehead atoms. The Morgan fingerprint density at radius 1 is 1.13 bits per heavy atom. The molecule has 90 valence electrons. The Bertz CT molecular complexity index is 164. The van der Waals surface area contributed by atoms with Crippen molar-refractivity contribution in [1.29, 1.82) is 0 Å². The molecule has 2 nitrogen and oxygen atoms in total. The van der Waals surface area contributed by atoms with Gasteiger partial charge in [0, 0.05) is 6.42 Å². The van der Waals surface area contributed by atoms with E-state index in [4.69, 9.17) is 0 Å². The van der Waals surface area contributed by atoms with Gasteiger partial charge in [-0.1, -0.05) is 46.5 Å². The standard InChI is InChI=1S/C13H26O2/c1-4-5-6-7-8-9-12(14)13(15)10-11(2)3/h11,13,15H,4-10H2,1-3H3. The van der Waals surface area contributed by atoms with E-state index in [9.17, 15) is 9.90 Å². The first-order valence-electron chi connectivity index (χ1n) is 6.28. The van der Waals surface area contributed by atoms with Crippen LogP contribution < -0.4 is 0 Å². The van der Waals surface area contributed by atoms with Gasteiger partial charge in [-0.2, -0.15) is 0 Å². The molecular weight excluding hydrogens is 188 g/mol. The molecule has 0 aromatic heterocycles. The van der Waals surface area contributed by atoms with Gasteiger partial charge in [0.2, 0.25) is 0 Å². The summed E-state index contributed by atoms with van der Waals surface area (Å²) in [4.78, 5) is 11.5. The summed E-state index contributed by atoms with van der Waals surface area (Å²) in [5.41, 5.74) is 0. The summed E-state index contributed by atoms with van der Waals surface area (Å²) in [7, 11) is 0. The molecule has 0 aliphatic carbocycles. The summed E-state index contributed by atoms with van der Waals surface area (Å²) >= 11 is 0. The third-order valence-corrected chi connectivity index (χ3v) is 2.59. The molecule has 0 fully saturated rings. The second-order valence-corrected chi connectivity index (χ2v) is 4.78. The Morgan fingerprint density at radius 3 is 2.27 bits per heavy atom. The molecule has 1 unspecified atom stereocenters. The first-order chi connectivity index (χ1) is 7.07. The Morgan fingerprint density at radius 2 is 1.73 bits per heavy atom. The van der Waals surface area contributed by atoms with E-state index in [2.05, 4.69) is 6.92 Å². The first kappa shape index (κ1) is 14.6. The average molecular weight is 214 g/mol. The first-order valence-corrected chi connectivity index (χ1v) is 6.28. The van der Waals surface area contributed by atoms with Crippen molar-refractivity contribution in [3.8, 4) is 0 Å². The van der Waals surface area contributed by atoms with E-state index in [1.165, 1.54) is 19.3 Å². The maximum atomic E-state index is 11.5. The lowest BCUT2D eigenvalue weighted by atomic mass is 9.99. The van der Waals surface area contributed by atoms with Crippen molar-refractivity contribution >= 4 is 5.78 Å². The lowest BCUT2D eigenvalue weighted by molar-refractivity contribution is -0.127. The van der Waals surface area contributed by atoms with E-state index in [1.54, 1.807) is 0 Å². The lowest BCUT2D eigenvalue weighted by Gasteiger charge is -2.11. The third-order valence-electron chi connectivity index (χ3n) is 2.59. The van der Waals surface area contributed by atoms with E-state index in [0.717, 1.165) is 12.8 Å². The maximum absolute atomic E-state index is 11.5. The minimum atomic E-state index is -0.726. The number of ketones is 1. The SMILES string of the molecule is CCCCCCCC(=O)C(O)CC(C)C. The third kappa shape index (κ3) is 8.61. The molecule has 1 N–H and O–H groups in total. The lowest BCUT2D eigenvalue weighted by Crippen LogP contribution is -2.21. The fourth-order valence-electron chi connectivity index (χ4n) is 1.65. The van der Waals surface area contributed by atoms with Crippen molar-refractivity contribution in [2.24, 2.45) is 5.92 Å². The molecule has 2 heteroatoms. The number of Topliss-reactive ketones (excluding diaryl/α,β-unsaturated/α-hetero) is 1. The Hall–Kier alpha value is -0.370. The predicted octanol–water partition coefficient (Wildman–Crippen LogP) is 3.32. The van der Waals surface area contributed by atoms with Crippen LogP contribution in [0.25, 0.3) is 0 Å². The van der Waals surface area contributed by atoms with Crippen molar-refractivity contribution < 1.29 is 9.90 Å². The highest BCUT2D eigenvalue weighted by molar-refractivity contribution is 5.82. The summed E-state index contributed by atoms with van der Waals surface area (Å²) in [5.74, 6) is 0.421. The summed E-state index contributed by atoms with van der Waals surface area (Å²) in [6.07, 6.45) is 6.18. The van der Waals surface area contributed by atoms with Crippen molar-refractivity contribution in [3.63, 3.8) is 0 Å². The van der Waals surface area contributed by atoms with Crippen LogP contribution in [0.15, 0.2) is 0 Å². The van der Waals surface area contributed by atoms with Gasteiger partial charge in [-0.25, -0.2) is 0 Å². The smallest absolute Gasteiger partial charge is 0.161 e. The van der Waals surface area contributed by atoms with Gasteiger partial charge in [-0.05, 0) is 18.8 Å². The molecular formula is C13H26O2. The van der Waals surface area contributed by atoms with Crippen molar-refractivity contribution in [2.75, 3.05) is 0 Å². The number of carbonyl (C=O) groups is 1. The molecule has 0 aliphatic rings. The average Bonchev–Trinajstić information content (AvgIpc) is 2.16. The molecule has 15 heavy (non-hydrogen) atoms. The highest BCUT2D eigenvalue weighted by atomic mass is 16.3. The second kappa shape index (κ2) is 8.90. The van der Waals surface area contributed by atoms with E-state index in [1.807, 2.05) is 13.8 Å². The van der Waals surface area contributed by atoms with Crippen LogP contribution in [-0.4, -0.2) is 17.0 Å². The molecule has 0 saturated heterocycles. The van der Waals surface area contributed by atoms with Crippen LogP contribution >= 0.6 is 0 Å². The summed E-state index contributed by atoms with van der Waals surface area (Å²) in [5, 5.41) is 9.54. The van der Waals surface area contributed by atoms with Crippen molar-refractivity contribution in [3.05, 3.63) is 0 Å². The number of aliphatic hydroxyl groups is 1. The van der Waals surface area contributed by atoms with Crippen molar-refractivity contribution in [2.45, 2.75) is 71.8 Å². The Labute approximate surface area is 94.1 Å². The van der Waals surface area contributed by atoms with Crippen LogP contribution in [0.3, 0.4) is 0 Å². The highest BCUT2D eigenvalue weighted by Crippen LogP contribution is 2.10. The van der Waals surface area contributed by atoms with Crippen LogP contribution in [-0.2, 0) is 4.79 Å². The number of hydrogen-bond donors (Lipinski definition) is 1. The van der Waals surface area contributed by atoms with E-state index >= 15 is 0 Å². The van der Waals surface area contributed by atoms with Gasteiger partial charge >= 0.3 is 0 Å². The van der Waals surface area contributed by atoms with Crippen LogP contribution in [0, 0.1) is 5.92 Å². The minimum Gasteiger partial charge on any atom is -0.385 e. The molecule has 0 aromatic carbocycles. The summed E-state index contributed by atoms with van der Waals surface area (Å²) in [6, 6.07) is 0. The van der Waals surface area contributed by atoms with Crippen LogP contribution in [0.4, 0.5) is 0 Å². The largest absolute Gasteiger partial charge is 0.385 e. The normalized spacial score (nSPS) is 13.1. The maximum Gasteiger partial charge on any atom is 0.161 e. The summed E-state index contributed by atoms with van der Waals surface area (Å²) in [6.45, 7) is 6.23. The predicted molar refractivity (Wildman–Crippen MR) is 63.8 cm³/mol. The molecule has 0 heterocycles. The highest BCUT2D eigenvalue weighted by Gasteiger charge is 2.15. The quantitative estimate of drug-likeness (QED) is 0.598. The van der Waals surface area contributed by atoms with Crippen LogP contribution in [0.5, 0.6) is 0 Å². The summed E-state index contributed by atoms with van der Waals surface area (Å²) < 4.78 is 0. The molecule has 0 aliphatic heterocycles. The van der Waals surface area contributed by atoms with Gasteiger partial charge in [0.25, 0.3) is 0 Å². The number of aliphatic hydroxyl groups excluding tert-OH is 1. The monoisotopic (exact) mass is 214 g/mol. The number of hydrogen-bond acceptors (Lipinski definition) is 2. The minimum absolute atomic E-state index is 0.0280. The fraction of sp³-hybridized carbons (Fsp3) is 0.923.